The molecule has 0 saturated heterocycles. The maximum absolute atomic E-state index is 13.6. The number of fused-ring (bicyclic) bond motifs is 4. The van der Waals surface area contributed by atoms with Gasteiger partial charge in [-0.1, -0.05) is 84.9 Å². The summed E-state index contributed by atoms with van der Waals surface area (Å²) in [5.74, 6) is 0.601. The van der Waals surface area contributed by atoms with Gasteiger partial charge in [-0.2, -0.15) is 0 Å². The van der Waals surface area contributed by atoms with E-state index in [0.29, 0.717) is 16.7 Å². The predicted octanol–water partition coefficient (Wildman–Crippen LogP) is 7.13. The van der Waals surface area contributed by atoms with Crippen LogP contribution >= 0.6 is 0 Å². The van der Waals surface area contributed by atoms with E-state index in [0.717, 1.165) is 39.0 Å². The number of benzene rings is 5. The van der Waals surface area contributed by atoms with Gasteiger partial charge in [-0.3, -0.25) is 9.36 Å². The number of aromatic nitrogens is 3. The van der Waals surface area contributed by atoms with Gasteiger partial charge in [0.2, 0.25) is 5.78 Å². The van der Waals surface area contributed by atoms with Crippen LogP contribution in [0.25, 0.3) is 55.7 Å². The van der Waals surface area contributed by atoms with E-state index in [1.165, 1.54) is 0 Å². The van der Waals surface area contributed by atoms with E-state index in [1.807, 2.05) is 60.7 Å². The Hall–Kier alpha value is -4.96. The highest BCUT2D eigenvalue weighted by Gasteiger charge is 2.18. The largest absolute Gasteiger partial charge is 0.278 e. The van der Waals surface area contributed by atoms with Gasteiger partial charge >= 0.3 is 0 Å². The van der Waals surface area contributed by atoms with Crippen LogP contribution in [0, 0.1) is 0 Å². The second kappa shape index (κ2) is 8.07. The standard InChI is InChI=1S/C32H21N3O/c36-31-27-15-7-8-16-28(27)33-32-34(29-17-9-10-18-30(29)35(31)32)26-20-24(22-11-3-1-4-12-22)19-25(21-26)23-13-5-2-6-14-23/h1-21H. The molecule has 4 nitrogen and oxygen atoms in total. The van der Waals surface area contributed by atoms with E-state index in [2.05, 4.69) is 71.3 Å². The van der Waals surface area contributed by atoms with Crippen molar-refractivity contribution >= 4 is 27.7 Å². The van der Waals surface area contributed by atoms with E-state index in [4.69, 9.17) is 4.98 Å². The second-order valence-electron chi connectivity index (χ2n) is 8.89. The minimum absolute atomic E-state index is 0.0620. The predicted molar refractivity (Wildman–Crippen MR) is 147 cm³/mol. The molecule has 0 aliphatic heterocycles. The molecular weight excluding hydrogens is 442 g/mol. The Bertz CT molecular complexity index is 1890. The SMILES string of the molecule is O=c1c2ccccc2nc2n(-c3cc(-c4ccccc4)cc(-c4ccccc4)c3)c3ccccc3n12. The minimum atomic E-state index is -0.0620. The molecule has 0 aliphatic carbocycles. The third-order valence-electron chi connectivity index (χ3n) is 6.71. The van der Waals surface area contributed by atoms with Crippen molar-refractivity contribution in [1.29, 1.82) is 0 Å². The van der Waals surface area contributed by atoms with Gasteiger partial charge in [0, 0.05) is 0 Å². The molecule has 0 fully saturated rings. The maximum atomic E-state index is 13.6. The fourth-order valence-corrected chi connectivity index (χ4v) is 5.03. The van der Waals surface area contributed by atoms with Crippen LogP contribution in [0.3, 0.4) is 0 Å². The fourth-order valence-electron chi connectivity index (χ4n) is 5.03. The van der Waals surface area contributed by atoms with Crippen LogP contribution in [0.4, 0.5) is 0 Å². The van der Waals surface area contributed by atoms with Crippen molar-refractivity contribution in [3.05, 3.63) is 138 Å². The molecule has 170 valence electrons. The number of imidazole rings is 1. The number of para-hydroxylation sites is 3. The highest BCUT2D eigenvalue weighted by atomic mass is 16.1. The molecule has 0 radical (unpaired) electrons. The first-order chi connectivity index (χ1) is 17.8. The van der Waals surface area contributed by atoms with Crippen molar-refractivity contribution < 1.29 is 0 Å². The molecule has 2 aromatic heterocycles. The van der Waals surface area contributed by atoms with Gasteiger partial charge in [-0.25, -0.2) is 9.38 Å². The lowest BCUT2D eigenvalue weighted by Gasteiger charge is -2.13. The smallest absolute Gasteiger partial charge is 0.267 e. The van der Waals surface area contributed by atoms with Gasteiger partial charge in [0.05, 0.1) is 27.6 Å². The Kier molecular flexibility index (Phi) is 4.57. The number of hydrogen-bond acceptors (Lipinski definition) is 2. The molecule has 7 aromatic rings. The summed E-state index contributed by atoms with van der Waals surface area (Å²) >= 11 is 0. The summed E-state index contributed by atoms with van der Waals surface area (Å²) < 4.78 is 3.83. The summed E-state index contributed by atoms with van der Waals surface area (Å²) in [5, 5.41) is 0.612. The molecular formula is C32H21N3O. The average Bonchev–Trinajstić information content (AvgIpc) is 3.28. The van der Waals surface area contributed by atoms with Crippen molar-refractivity contribution in [2.45, 2.75) is 0 Å². The summed E-state index contributed by atoms with van der Waals surface area (Å²) in [4.78, 5) is 18.6. The normalized spacial score (nSPS) is 11.4. The third-order valence-corrected chi connectivity index (χ3v) is 6.71. The molecule has 0 N–H and O–H groups in total. The average molecular weight is 464 g/mol. The molecule has 0 atom stereocenters. The first kappa shape index (κ1) is 20.4. The van der Waals surface area contributed by atoms with Crippen molar-refractivity contribution in [2.75, 3.05) is 0 Å². The summed E-state index contributed by atoms with van der Waals surface area (Å²) in [5.41, 5.74) is 7.82. The quantitative estimate of drug-likeness (QED) is 0.280. The molecule has 0 unspecified atom stereocenters. The van der Waals surface area contributed by atoms with Crippen LogP contribution in [-0.2, 0) is 0 Å². The lowest BCUT2D eigenvalue weighted by molar-refractivity contribution is 1.05. The van der Waals surface area contributed by atoms with E-state index < -0.39 is 0 Å². The van der Waals surface area contributed by atoms with Gasteiger partial charge < -0.3 is 0 Å². The van der Waals surface area contributed by atoms with Gasteiger partial charge in [0.25, 0.3) is 5.56 Å². The first-order valence-corrected chi connectivity index (χ1v) is 12.0. The van der Waals surface area contributed by atoms with Crippen molar-refractivity contribution in [3.8, 4) is 27.9 Å². The Morgan fingerprint density at radius 2 is 1.08 bits per heavy atom. The highest BCUT2D eigenvalue weighted by molar-refractivity contribution is 5.88. The summed E-state index contributed by atoms with van der Waals surface area (Å²) in [7, 11) is 0. The third kappa shape index (κ3) is 3.16. The van der Waals surface area contributed by atoms with E-state index in [-0.39, 0.29) is 5.56 Å². The second-order valence-corrected chi connectivity index (χ2v) is 8.89. The number of hydrogen-bond donors (Lipinski definition) is 0. The van der Waals surface area contributed by atoms with Gasteiger partial charge in [0.1, 0.15) is 0 Å². The zero-order valence-electron chi connectivity index (χ0n) is 19.4. The Labute approximate surface area is 207 Å². The molecule has 7 rings (SSSR count). The minimum Gasteiger partial charge on any atom is -0.278 e. The van der Waals surface area contributed by atoms with Crippen LogP contribution in [0.15, 0.2) is 132 Å². The monoisotopic (exact) mass is 463 g/mol. The molecule has 0 amide bonds. The Morgan fingerprint density at radius 1 is 0.528 bits per heavy atom. The molecule has 4 heteroatoms. The van der Waals surface area contributed by atoms with Crippen LogP contribution in [0.5, 0.6) is 0 Å². The summed E-state index contributed by atoms with van der Waals surface area (Å²) in [6.45, 7) is 0. The zero-order valence-corrected chi connectivity index (χ0v) is 19.4. The summed E-state index contributed by atoms with van der Waals surface area (Å²) in [6.07, 6.45) is 0. The topological polar surface area (TPSA) is 39.3 Å². The lowest BCUT2D eigenvalue weighted by Crippen LogP contribution is -2.15. The van der Waals surface area contributed by atoms with Gasteiger partial charge in [0.15, 0.2) is 0 Å². The van der Waals surface area contributed by atoms with Crippen molar-refractivity contribution in [1.82, 2.24) is 14.0 Å². The molecule has 0 bridgehead atoms. The van der Waals surface area contributed by atoms with E-state index >= 15 is 0 Å². The van der Waals surface area contributed by atoms with Crippen LogP contribution < -0.4 is 5.56 Å². The van der Waals surface area contributed by atoms with Crippen molar-refractivity contribution in [2.24, 2.45) is 0 Å². The van der Waals surface area contributed by atoms with E-state index in [1.54, 1.807) is 4.40 Å². The molecule has 0 spiro atoms. The molecule has 2 heterocycles. The van der Waals surface area contributed by atoms with Crippen LogP contribution in [0.2, 0.25) is 0 Å². The van der Waals surface area contributed by atoms with Gasteiger partial charge in [-0.05, 0) is 64.7 Å². The Balaban J connectivity index is 1.62. The van der Waals surface area contributed by atoms with Crippen LogP contribution in [0.1, 0.15) is 0 Å². The highest BCUT2D eigenvalue weighted by Crippen LogP contribution is 2.32. The molecule has 36 heavy (non-hydrogen) atoms. The number of nitrogens with zero attached hydrogens (tertiary/aromatic N) is 3. The van der Waals surface area contributed by atoms with E-state index in [9.17, 15) is 4.79 Å². The van der Waals surface area contributed by atoms with Gasteiger partial charge in [-0.15, -0.1) is 0 Å². The van der Waals surface area contributed by atoms with Crippen molar-refractivity contribution in [3.63, 3.8) is 0 Å². The molecule has 0 saturated carbocycles. The zero-order chi connectivity index (χ0) is 24.1. The Morgan fingerprint density at radius 3 is 1.75 bits per heavy atom. The number of rotatable bonds is 3. The maximum Gasteiger partial charge on any atom is 0.267 e. The van der Waals surface area contributed by atoms with Crippen LogP contribution in [-0.4, -0.2) is 14.0 Å². The summed E-state index contributed by atoms with van der Waals surface area (Å²) in [6, 6.07) is 42.9. The molecule has 5 aromatic carbocycles. The lowest BCUT2D eigenvalue weighted by atomic mass is 9.98. The molecule has 0 aliphatic rings. The fraction of sp³-hybridized carbons (Fsp3) is 0. The first-order valence-electron chi connectivity index (χ1n) is 12.0.